The van der Waals surface area contributed by atoms with E-state index >= 15 is 0 Å². The smallest absolute Gasteiger partial charge is 0.271 e. The van der Waals surface area contributed by atoms with Crippen LogP contribution in [0.2, 0.25) is 0 Å². The Kier molecular flexibility index (Phi) is 7.99. The maximum atomic E-state index is 12.4. The quantitative estimate of drug-likeness (QED) is 0.280. The number of hydrazone groups is 1. The van der Waals surface area contributed by atoms with Crippen LogP contribution in [0.5, 0.6) is 5.75 Å². The summed E-state index contributed by atoms with van der Waals surface area (Å²) in [7, 11) is -3.47. The van der Waals surface area contributed by atoms with Gasteiger partial charge in [-0.2, -0.15) is 5.10 Å². The first-order valence-corrected chi connectivity index (χ1v) is 12.0. The number of carbonyl (C=O) groups excluding carboxylic acids is 1. The summed E-state index contributed by atoms with van der Waals surface area (Å²) in [5.74, 6) is 0.305. The van der Waals surface area contributed by atoms with Crippen molar-refractivity contribution in [3.05, 3.63) is 108 Å². The molecular weight excluding hydrogens is 438 g/mol. The third-order valence-electron chi connectivity index (χ3n) is 4.59. The predicted molar refractivity (Wildman–Crippen MR) is 131 cm³/mol. The first-order chi connectivity index (χ1) is 15.9. The third kappa shape index (κ3) is 7.05. The topological polar surface area (TPSA) is 88.1 Å². The van der Waals surface area contributed by atoms with Gasteiger partial charge in [-0.25, -0.2) is 13.8 Å². The van der Waals surface area contributed by atoms with E-state index in [1.165, 1.54) is 16.8 Å². The van der Waals surface area contributed by atoms with Crippen molar-refractivity contribution in [3.8, 4) is 5.75 Å². The fourth-order valence-corrected chi connectivity index (χ4v) is 3.88. The molecule has 0 aliphatic carbocycles. The summed E-state index contributed by atoms with van der Waals surface area (Å²) in [6.45, 7) is 4.18. The molecule has 8 heteroatoms. The molecule has 0 spiro atoms. The number of nitrogens with zero attached hydrogens (tertiary/aromatic N) is 2. The van der Waals surface area contributed by atoms with Crippen LogP contribution in [0.1, 0.15) is 21.5 Å². The Balaban J connectivity index is 1.63. The van der Waals surface area contributed by atoms with Gasteiger partial charge in [-0.05, 0) is 47.5 Å². The standard InChI is InChI=1S/C25H25N3O4S/c1-3-16-32-24-11-7-8-21(17-24)18-26-27-25(29)22-14-12-20(13-15-22)19-28(33(2,30)31)23-9-5-4-6-10-23/h3-15,17-18H,1,16,19H2,2H3,(H,27,29)/b26-18-. The molecule has 33 heavy (non-hydrogen) atoms. The summed E-state index contributed by atoms with van der Waals surface area (Å²) < 4.78 is 31.3. The van der Waals surface area contributed by atoms with E-state index in [1.54, 1.807) is 60.7 Å². The van der Waals surface area contributed by atoms with Gasteiger partial charge in [0.15, 0.2) is 0 Å². The largest absolute Gasteiger partial charge is 0.490 e. The van der Waals surface area contributed by atoms with Crippen LogP contribution in [0, 0.1) is 0 Å². The molecule has 0 saturated heterocycles. The van der Waals surface area contributed by atoms with Gasteiger partial charge >= 0.3 is 0 Å². The van der Waals surface area contributed by atoms with E-state index in [2.05, 4.69) is 17.1 Å². The number of anilines is 1. The fraction of sp³-hybridized carbons (Fsp3) is 0.120. The molecule has 3 aromatic rings. The number of ether oxygens (including phenoxy) is 1. The number of rotatable bonds is 10. The monoisotopic (exact) mass is 463 g/mol. The molecule has 3 aromatic carbocycles. The molecule has 0 radical (unpaired) electrons. The number of hydrogen-bond acceptors (Lipinski definition) is 5. The SMILES string of the molecule is C=CCOc1cccc(/C=N\NC(=O)c2ccc(CN(c3ccccc3)S(C)(=O)=O)cc2)c1. The first-order valence-electron chi connectivity index (χ1n) is 10.2. The van der Waals surface area contributed by atoms with Gasteiger partial charge in [-0.1, -0.05) is 55.1 Å². The predicted octanol–water partition coefficient (Wildman–Crippen LogP) is 3.98. The van der Waals surface area contributed by atoms with Crippen LogP contribution in [0.3, 0.4) is 0 Å². The lowest BCUT2D eigenvalue weighted by atomic mass is 10.1. The van der Waals surface area contributed by atoms with Crippen molar-refractivity contribution in [1.29, 1.82) is 0 Å². The lowest BCUT2D eigenvalue weighted by Crippen LogP contribution is -2.29. The van der Waals surface area contributed by atoms with Gasteiger partial charge in [0, 0.05) is 5.56 Å². The molecule has 170 valence electrons. The average molecular weight is 464 g/mol. The van der Waals surface area contributed by atoms with Crippen LogP contribution in [0.25, 0.3) is 0 Å². The van der Waals surface area contributed by atoms with Gasteiger partial charge in [0.05, 0.1) is 24.7 Å². The molecule has 0 unspecified atom stereocenters. The summed E-state index contributed by atoms with van der Waals surface area (Å²) in [4.78, 5) is 12.4. The summed E-state index contributed by atoms with van der Waals surface area (Å²) in [5.41, 5.74) is 5.00. The molecular formula is C25H25N3O4S. The molecule has 0 atom stereocenters. The van der Waals surface area contributed by atoms with Gasteiger partial charge in [0.1, 0.15) is 12.4 Å². The minimum absolute atomic E-state index is 0.160. The normalized spacial score (nSPS) is 11.2. The highest BCUT2D eigenvalue weighted by molar-refractivity contribution is 7.92. The minimum Gasteiger partial charge on any atom is -0.490 e. The van der Waals surface area contributed by atoms with Gasteiger partial charge in [-0.15, -0.1) is 0 Å². The van der Waals surface area contributed by atoms with Crippen LogP contribution in [0.4, 0.5) is 5.69 Å². The molecule has 0 aromatic heterocycles. The van der Waals surface area contributed by atoms with Crippen LogP contribution in [-0.2, 0) is 16.6 Å². The Morgan fingerprint density at radius 2 is 1.79 bits per heavy atom. The number of para-hydroxylation sites is 1. The molecule has 3 rings (SSSR count). The van der Waals surface area contributed by atoms with E-state index in [4.69, 9.17) is 4.74 Å². The summed E-state index contributed by atoms with van der Waals surface area (Å²) >= 11 is 0. The molecule has 7 nitrogen and oxygen atoms in total. The molecule has 0 saturated carbocycles. The lowest BCUT2D eigenvalue weighted by molar-refractivity contribution is 0.0955. The van der Waals surface area contributed by atoms with Crippen molar-refractivity contribution in [3.63, 3.8) is 0 Å². The second-order valence-electron chi connectivity index (χ2n) is 7.17. The summed E-state index contributed by atoms with van der Waals surface area (Å²) in [5, 5.41) is 3.99. The molecule has 1 amide bonds. The summed E-state index contributed by atoms with van der Waals surface area (Å²) in [6, 6.07) is 22.9. The second-order valence-corrected chi connectivity index (χ2v) is 9.08. The van der Waals surface area contributed by atoms with E-state index in [9.17, 15) is 13.2 Å². The Morgan fingerprint density at radius 1 is 1.06 bits per heavy atom. The third-order valence-corrected chi connectivity index (χ3v) is 5.73. The Labute approximate surface area is 194 Å². The van der Waals surface area contributed by atoms with Crippen LogP contribution < -0.4 is 14.5 Å². The maximum absolute atomic E-state index is 12.4. The number of benzene rings is 3. The Bertz CT molecular complexity index is 1220. The molecule has 0 bridgehead atoms. The lowest BCUT2D eigenvalue weighted by Gasteiger charge is -2.22. The highest BCUT2D eigenvalue weighted by atomic mass is 32.2. The Hall–Kier alpha value is -3.91. The van der Waals surface area contributed by atoms with Crippen molar-refractivity contribution < 1.29 is 17.9 Å². The van der Waals surface area contributed by atoms with E-state index in [0.717, 1.165) is 11.1 Å². The minimum atomic E-state index is -3.47. The van der Waals surface area contributed by atoms with Gasteiger partial charge in [-0.3, -0.25) is 9.10 Å². The molecule has 0 fully saturated rings. The van der Waals surface area contributed by atoms with E-state index < -0.39 is 10.0 Å². The number of carbonyl (C=O) groups is 1. The number of amides is 1. The molecule has 0 heterocycles. The van der Waals surface area contributed by atoms with Crippen molar-refractivity contribution >= 4 is 27.8 Å². The fourth-order valence-electron chi connectivity index (χ4n) is 2.99. The van der Waals surface area contributed by atoms with Gasteiger partial charge in [0.2, 0.25) is 10.0 Å². The van der Waals surface area contributed by atoms with Gasteiger partial charge in [0.25, 0.3) is 5.91 Å². The number of sulfonamides is 1. The average Bonchev–Trinajstić information content (AvgIpc) is 2.81. The molecule has 0 aliphatic heterocycles. The van der Waals surface area contributed by atoms with Crippen molar-refractivity contribution in [2.24, 2.45) is 5.10 Å². The molecule has 0 aliphatic rings. The highest BCUT2D eigenvalue weighted by Gasteiger charge is 2.17. The zero-order chi connectivity index (χ0) is 23.7. The summed E-state index contributed by atoms with van der Waals surface area (Å²) in [6.07, 6.45) is 4.35. The zero-order valence-corrected chi connectivity index (χ0v) is 19.0. The highest BCUT2D eigenvalue weighted by Crippen LogP contribution is 2.20. The van der Waals surface area contributed by atoms with Crippen LogP contribution in [0.15, 0.2) is 96.6 Å². The van der Waals surface area contributed by atoms with Crippen LogP contribution >= 0.6 is 0 Å². The second kappa shape index (κ2) is 11.1. The van der Waals surface area contributed by atoms with Crippen molar-refractivity contribution in [1.82, 2.24) is 5.43 Å². The van der Waals surface area contributed by atoms with Gasteiger partial charge < -0.3 is 4.74 Å². The van der Waals surface area contributed by atoms with E-state index in [0.29, 0.717) is 23.6 Å². The first kappa shape index (κ1) is 23.7. The number of hydrogen-bond donors (Lipinski definition) is 1. The Morgan fingerprint density at radius 3 is 2.45 bits per heavy atom. The molecule has 1 N–H and O–H groups in total. The zero-order valence-electron chi connectivity index (χ0n) is 18.2. The van der Waals surface area contributed by atoms with E-state index in [1.807, 2.05) is 24.3 Å². The van der Waals surface area contributed by atoms with Crippen molar-refractivity contribution in [2.45, 2.75) is 6.54 Å². The van der Waals surface area contributed by atoms with Crippen LogP contribution in [-0.4, -0.2) is 33.4 Å². The van der Waals surface area contributed by atoms with Crippen molar-refractivity contribution in [2.75, 3.05) is 17.2 Å². The van der Waals surface area contributed by atoms with E-state index in [-0.39, 0.29) is 12.5 Å². The maximum Gasteiger partial charge on any atom is 0.271 e. The number of nitrogens with one attached hydrogen (secondary N) is 1.